The van der Waals surface area contributed by atoms with E-state index in [1.54, 1.807) is 29.7 Å². The van der Waals surface area contributed by atoms with Gasteiger partial charge in [-0.1, -0.05) is 6.07 Å². The molecule has 0 saturated heterocycles. The quantitative estimate of drug-likeness (QED) is 0.622. The van der Waals surface area contributed by atoms with Gasteiger partial charge in [-0.3, -0.25) is 5.43 Å². The van der Waals surface area contributed by atoms with E-state index in [4.69, 9.17) is 0 Å². The summed E-state index contributed by atoms with van der Waals surface area (Å²) in [6, 6.07) is 10.00. The molecule has 1 aromatic carbocycles. The number of hydrazone groups is 1. The first kappa shape index (κ1) is 9.86. The Balaban J connectivity index is 1.96. The largest absolute Gasteiger partial charge is 0.278 e. The van der Waals surface area contributed by atoms with Crippen molar-refractivity contribution in [3.8, 4) is 0 Å². The number of nitrogens with zero attached hydrogens (tertiary/aromatic N) is 1. The fraction of sp³-hybridized carbons (Fsp3) is 0. The van der Waals surface area contributed by atoms with Gasteiger partial charge in [-0.25, -0.2) is 4.39 Å². The number of benzene rings is 1. The van der Waals surface area contributed by atoms with Crippen LogP contribution in [0.3, 0.4) is 0 Å². The van der Waals surface area contributed by atoms with E-state index in [0.717, 1.165) is 10.6 Å². The molecule has 0 radical (unpaired) electrons. The van der Waals surface area contributed by atoms with Gasteiger partial charge in [0, 0.05) is 4.88 Å². The number of rotatable bonds is 3. The molecule has 2 rings (SSSR count). The van der Waals surface area contributed by atoms with E-state index in [2.05, 4.69) is 10.5 Å². The van der Waals surface area contributed by atoms with Gasteiger partial charge in [0.15, 0.2) is 0 Å². The first-order valence-corrected chi connectivity index (χ1v) is 5.31. The van der Waals surface area contributed by atoms with Crippen molar-refractivity contribution in [2.24, 2.45) is 5.10 Å². The molecular weight excluding hydrogens is 211 g/mol. The van der Waals surface area contributed by atoms with Crippen LogP contribution in [0.1, 0.15) is 4.88 Å². The number of nitrogens with one attached hydrogen (secondary N) is 1. The lowest BCUT2D eigenvalue weighted by Crippen LogP contribution is -1.89. The first-order chi connectivity index (χ1) is 7.34. The van der Waals surface area contributed by atoms with Gasteiger partial charge in [-0.15, -0.1) is 11.3 Å². The highest BCUT2D eigenvalue weighted by Gasteiger charge is 1.90. The Morgan fingerprint density at radius 2 is 2.00 bits per heavy atom. The molecule has 1 heterocycles. The molecule has 4 heteroatoms. The van der Waals surface area contributed by atoms with Crippen LogP contribution < -0.4 is 5.43 Å². The second-order valence-corrected chi connectivity index (χ2v) is 3.87. The Kier molecular flexibility index (Phi) is 3.09. The Bertz CT molecular complexity index is 434. The topological polar surface area (TPSA) is 24.4 Å². The number of thiophene rings is 1. The Morgan fingerprint density at radius 1 is 1.20 bits per heavy atom. The van der Waals surface area contributed by atoms with E-state index >= 15 is 0 Å². The molecule has 0 amide bonds. The van der Waals surface area contributed by atoms with Crippen LogP contribution in [-0.4, -0.2) is 6.21 Å². The molecule has 0 bridgehead atoms. The number of halogens is 1. The molecule has 0 aliphatic carbocycles. The normalized spacial score (nSPS) is 10.7. The lowest BCUT2D eigenvalue weighted by atomic mass is 10.3. The van der Waals surface area contributed by atoms with Crippen LogP contribution in [0.2, 0.25) is 0 Å². The standard InChI is InChI=1S/C11H9FN2S/c12-9-3-5-10(6-4-9)14-13-8-11-2-1-7-15-11/h1-8,14H. The zero-order chi connectivity index (χ0) is 10.5. The Labute approximate surface area is 91.1 Å². The van der Waals surface area contributed by atoms with Crippen LogP contribution in [0.15, 0.2) is 46.9 Å². The lowest BCUT2D eigenvalue weighted by Gasteiger charge is -1.97. The zero-order valence-corrected chi connectivity index (χ0v) is 8.67. The molecule has 0 unspecified atom stereocenters. The third kappa shape index (κ3) is 2.89. The first-order valence-electron chi connectivity index (χ1n) is 4.43. The summed E-state index contributed by atoms with van der Waals surface area (Å²) in [5.74, 6) is -0.247. The second-order valence-electron chi connectivity index (χ2n) is 2.89. The van der Waals surface area contributed by atoms with Crippen molar-refractivity contribution in [1.29, 1.82) is 0 Å². The number of hydrogen-bond donors (Lipinski definition) is 1. The van der Waals surface area contributed by atoms with Crippen molar-refractivity contribution >= 4 is 23.2 Å². The molecule has 0 aliphatic heterocycles. The molecule has 2 nitrogen and oxygen atoms in total. The summed E-state index contributed by atoms with van der Waals surface area (Å²) in [6.45, 7) is 0. The highest BCUT2D eigenvalue weighted by molar-refractivity contribution is 7.11. The lowest BCUT2D eigenvalue weighted by molar-refractivity contribution is 0.628. The summed E-state index contributed by atoms with van der Waals surface area (Å²) in [7, 11) is 0. The summed E-state index contributed by atoms with van der Waals surface area (Å²) in [6.07, 6.45) is 1.73. The minimum atomic E-state index is -0.247. The van der Waals surface area contributed by atoms with Gasteiger partial charge >= 0.3 is 0 Å². The van der Waals surface area contributed by atoms with Crippen LogP contribution >= 0.6 is 11.3 Å². The van der Waals surface area contributed by atoms with E-state index in [9.17, 15) is 4.39 Å². The molecule has 0 fully saturated rings. The Hall–Kier alpha value is -1.68. The third-order valence-electron chi connectivity index (χ3n) is 1.77. The summed E-state index contributed by atoms with van der Waals surface area (Å²) >= 11 is 1.61. The van der Waals surface area contributed by atoms with Gasteiger partial charge in [0.1, 0.15) is 5.82 Å². The molecule has 15 heavy (non-hydrogen) atoms. The molecule has 1 aromatic heterocycles. The zero-order valence-electron chi connectivity index (χ0n) is 7.85. The maximum Gasteiger partial charge on any atom is 0.123 e. The minimum absolute atomic E-state index is 0.247. The number of anilines is 1. The molecule has 0 spiro atoms. The predicted molar refractivity (Wildman–Crippen MR) is 61.9 cm³/mol. The molecular formula is C11H9FN2S. The van der Waals surface area contributed by atoms with Crippen molar-refractivity contribution in [3.05, 3.63) is 52.5 Å². The van der Waals surface area contributed by atoms with Gasteiger partial charge in [0.2, 0.25) is 0 Å². The highest BCUT2D eigenvalue weighted by atomic mass is 32.1. The molecule has 0 saturated carbocycles. The monoisotopic (exact) mass is 220 g/mol. The maximum absolute atomic E-state index is 12.6. The maximum atomic E-state index is 12.6. The smallest absolute Gasteiger partial charge is 0.123 e. The van der Waals surface area contributed by atoms with E-state index in [1.807, 2.05) is 17.5 Å². The third-order valence-corrected chi connectivity index (χ3v) is 2.58. The van der Waals surface area contributed by atoms with Crippen molar-refractivity contribution in [2.75, 3.05) is 5.43 Å². The van der Waals surface area contributed by atoms with Gasteiger partial charge in [-0.2, -0.15) is 5.10 Å². The van der Waals surface area contributed by atoms with E-state index < -0.39 is 0 Å². The van der Waals surface area contributed by atoms with E-state index in [-0.39, 0.29) is 5.82 Å². The molecule has 0 aliphatic rings. The fourth-order valence-electron chi connectivity index (χ4n) is 1.06. The summed E-state index contributed by atoms with van der Waals surface area (Å²) < 4.78 is 12.6. The van der Waals surface area contributed by atoms with Crippen LogP contribution in [0.25, 0.3) is 0 Å². The van der Waals surface area contributed by atoms with Gasteiger partial charge < -0.3 is 0 Å². The van der Waals surface area contributed by atoms with Crippen LogP contribution in [0, 0.1) is 5.82 Å². The van der Waals surface area contributed by atoms with Gasteiger partial charge in [-0.05, 0) is 35.7 Å². The number of hydrogen-bond acceptors (Lipinski definition) is 3. The highest BCUT2D eigenvalue weighted by Crippen LogP contribution is 2.08. The average molecular weight is 220 g/mol. The predicted octanol–water partition coefficient (Wildman–Crippen LogP) is 3.33. The van der Waals surface area contributed by atoms with Crippen LogP contribution in [0.5, 0.6) is 0 Å². The molecule has 0 atom stereocenters. The summed E-state index contributed by atoms with van der Waals surface area (Å²) in [5.41, 5.74) is 3.59. The van der Waals surface area contributed by atoms with Crippen molar-refractivity contribution in [1.82, 2.24) is 0 Å². The Morgan fingerprint density at radius 3 is 2.67 bits per heavy atom. The molecule has 2 aromatic rings. The van der Waals surface area contributed by atoms with E-state index in [1.165, 1.54) is 12.1 Å². The second kappa shape index (κ2) is 4.70. The minimum Gasteiger partial charge on any atom is -0.278 e. The van der Waals surface area contributed by atoms with E-state index in [0.29, 0.717) is 0 Å². The molecule has 76 valence electrons. The van der Waals surface area contributed by atoms with Crippen molar-refractivity contribution in [3.63, 3.8) is 0 Å². The molecule has 1 N–H and O–H groups in total. The SMILES string of the molecule is Fc1ccc(NN=Cc2cccs2)cc1. The van der Waals surface area contributed by atoms with Crippen LogP contribution in [0.4, 0.5) is 10.1 Å². The van der Waals surface area contributed by atoms with Gasteiger partial charge in [0.05, 0.1) is 11.9 Å². The summed E-state index contributed by atoms with van der Waals surface area (Å²) in [4.78, 5) is 1.07. The fourth-order valence-corrected chi connectivity index (χ4v) is 1.64. The average Bonchev–Trinajstić information content (AvgIpc) is 2.74. The van der Waals surface area contributed by atoms with Crippen LogP contribution in [-0.2, 0) is 0 Å². The van der Waals surface area contributed by atoms with Crippen molar-refractivity contribution < 1.29 is 4.39 Å². The van der Waals surface area contributed by atoms with Gasteiger partial charge in [0.25, 0.3) is 0 Å². The summed E-state index contributed by atoms with van der Waals surface area (Å²) in [5, 5.41) is 6.01. The van der Waals surface area contributed by atoms with Crippen molar-refractivity contribution in [2.45, 2.75) is 0 Å².